The molecule has 182 valence electrons. The number of aromatic hydroxyl groups is 1. The molecule has 1 aromatic carbocycles. The Kier molecular flexibility index (Phi) is 5.47. The van der Waals surface area contributed by atoms with Crippen LogP contribution in [0.4, 0.5) is 14.6 Å². The molecule has 2 saturated heterocycles. The first-order valence-corrected chi connectivity index (χ1v) is 11.9. The molecule has 1 aliphatic carbocycles. The van der Waals surface area contributed by atoms with Crippen molar-refractivity contribution >= 4 is 5.82 Å². The number of aromatic nitrogens is 4. The lowest BCUT2D eigenvalue weighted by Gasteiger charge is -2.41. The molecule has 2 aliphatic heterocycles. The first-order valence-electron chi connectivity index (χ1n) is 11.9. The molecule has 0 amide bonds. The minimum absolute atomic E-state index is 0.0961. The highest BCUT2D eigenvalue weighted by atomic mass is 19.1. The molecule has 2 N–H and O–H groups in total. The zero-order chi connectivity index (χ0) is 24.1. The molecule has 0 radical (unpaired) electrons. The zero-order valence-corrected chi connectivity index (χ0v) is 19.2. The summed E-state index contributed by atoms with van der Waals surface area (Å²) in [4.78, 5) is 11.2. The molecule has 6 rings (SSSR count). The molecular weight excluding hydrogens is 454 g/mol. The molecule has 2 bridgehead atoms. The molecule has 0 unspecified atom stereocenters. The second-order valence-electron chi connectivity index (χ2n) is 9.53. The number of nitrogens with one attached hydrogen (secondary N) is 1. The predicted octanol–water partition coefficient (Wildman–Crippen LogP) is 3.65. The summed E-state index contributed by atoms with van der Waals surface area (Å²) >= 11 is 0. The number of fused-ring (bicyclic) bond motifs is 2. The van der Waals surface area contributed by atoms with Gasteiger partial charge in [-0.1, -0.05) is 0 Å². The fourth-order valence-corrected chi connectivity index (χ4v) is 5.40. The number of phenolic OH excluding ortho intramolecular Hbond substituents is 1. The fourth-order valence-electron chi connectivity index (χ4n) is 5.40. The Morgan fingerprint density at radius 1 is 1.06 bits per heavy atom. The third kappa shape index (κ3) is 4.05. The van der Waals surface area contributed by atoms with Gasteiger partial charge in [-0.15, -0.1) is 5.10 Å². The number of phenols is 1. The number of hydrogen-bond donors (Lipinski definition) is 2. The third-order valence-corrected chi connectivity index (χ3v) is 7.27. The highest BCUT2D eigenvalue weighted by Crippen LogP contribution is 2.40. The average Bonchev–Trinajstić information content (AvgIpc) is 3.63. The summed E-state index contributed by atoms with van der Waals surface area (Å²) in [7, 11) is 1.45. The van der Waals surface area contributed by atoms with E-state index in [4.69, 9.17) is 4.74 Å². The lowest BCUT2D eigenvalue weighted by molar-refractivity contribution is 0.171. The Balaban J connectivity index is 1.28. The van der Waals surface area contributed by atoms with Crippen LogP contribution >= 0.6 is 0 Å². The van der Waals surface area contributed by atoms with Crippen LogP contribution in [0.5, 0.6) is 11.6 Å². The monoisotopic (exact) mass is 480 g/mol. The van der Waals surface area contributed by atoms with Crippen LogP contribution in [0.1, 0.15) is 32.1 Å². The normalized spacial score (nSPS) is 25.5. The largest absolute Gasteiger partial charge is 0.507 e. The van der Waals surface area contributed by atoms with E-state index in [9.17, 15) is 5.11 Å². The van der Waals surface area contributed by atoms with E-state index in [-0.39, 0.29) is 40.9 Å². The standard InChI is InChI=1S/C25H26F2N6O2/c1-35-24-6-13(10-30-32-24)16-9-22(34)17(8-18(16)26)20-11-29-23(12-28-20)33(15-3-4-15)21-7-14-2-5-19(31-14)25(21)27/h6,8-12,14-15,19,21,25,31,34H,2-5,7H2,1H3/t14-,19+,21-,25+/m1/s1. The van der Waals surface area contributed by atoms with Gasteiger partial charge in [-0.3, -0.25) is 4.98 Å². The SMILES string of the molecule is COc1cc(-c2cc(O)c(-c3cnc(N(C4CC4)[C@@H]4C[C@H]5CC[C@H](N5)[C@@H]4F)cn3)cc2F)cnn1. The van der Waals surface area contributed by atoms with Gasteiger partial charge in [-0.2, -0.15) is 5.10 Å². The molecule has 8 nitrogen and oxygen atoms in total. The van der Waals surface area contributed by atoms with Gasteiger partial charge in [0.2, 0.25) is 5.88 Å². The van der Waals surface area contributed by atoms with Gasteiger partial charge in [0, 0.05) is 40.9 Å². The topological polar surface area (TPSA) is 96.3 Å². The molecule has 10 heteroatoms. The summed E-state index contributed by atoms with van der Waals surface area (Å²) in [5, 5.41) is 21.6. The lowest BCUT2D eigenvalue weighted by Crippen LogP contribution is -2.57. The van der Waals surface area contributed by atoms with Crippen molar-refractivity contribution in [1.29, 1.82) is 0 Å². The minimum atomic E-state index is -0.956. The van der Waals surface area contributed by atoms with Crippen molar-refractivity contribution in [3.63, 3.8) is 0 Å². The first kappa shape index (κ1) is 22.1. The highest BCUT2D eigenvalue weighted by molar-refractivity contribution is 5.74. The molecule has 4 atom stereocenters. The van der Waals surface area contributed by atoms with E-state index in [0.717, 1.165) is 32.1 Å². The quantitative estimate of drug-likeness (QED) is 0.552. The van der Waals surface area contributed by atoms with Crippen LogP contribution in [-0.4, -0.2) is 62.7 Å². The van der Waals surface area contributed by atoms with Crippen molar-refractivity contribution < 1.29 is 18.6 Å². The Labute approximate surface area is 201 Å². The lowest BCUT2D eigenvalue weighted by atomic mass is 9.96. The van der Waals surface area contributed by atoms with Crippen molar-refractivity contribution in [2.45, 2.75) is 62.4 Å². The van der Waals surface area contributed by atoms with Crippen LogP contribution in [-0.2, 0) is 0 Å². The molecule has 35 heavy (non-hydrogen) atoms. The molecule has 0 spiro atoms. The Bertz CT molecular complexity index is 1240. The summed E-state index contributed by atoms with van der Waals surface area (Å²) in [6, 6.07) is 4.38. The van der Waals surface area contributed by atoms with Crippen molar-refractivity contribution in [2.24, 2.45) is 0 Å². The summed E-state index contributed by atoms with van der Waals surface area (Å²) < 4.78 is 35.4. The number of piperidine rings is 1. The minimum Gasteiger partial charge on any atom is -0.507 e. The van der Waals surface area contributed by atoms with E-state index in [0.29, 0.717) is 23.1 Å². The van der Waals surface area contributed by atoms with E-state index in [2.05, 4.69) is 30.4 Å². The maximum Gasteiger partial charge on any atom is 0.233 e. The summed E-state index contributed by atoms with van der Waals surface area (Å²) in [5.41, 5.74) is 1.15. The van der Waals surface area contributed by atoms with Crippen LogP contribution < -0.4 is 15.0 Å². The van der Waals surface area contributed by atoms with E-state index in [1.54, 1.807) is 6.20 Å². The van der Waals surface area contributed by atoms with Crippen molar-refractivity contribution in [1.82, 2.24) is 25.5 Å². The van der Waals surface area contributed by atoms with Gasteiger partial charge in [-0.05, 0) is 44.2 Å². The first-order chi connectivity index (χ1) is 17.0. The molecule has 3 aliphatic rings. The van der Waals surface area contributed by atoms with Gasteiger partial charge in [0.15, 0.2) is 0 Å². The second-order valence-corrected chi connectivity index (χ2v) is 9.53. The highest BCUT2D eigenvalue weighted by Gasteiger charge is 2.48. The zero-order valence-electron chi connectivity index (χ0n) is 19.2. The number of alkyl halides is 1. The maximum atomic E-state index is 15.3. The number of halogens is 2. The molecular formula is C25H26F2N6O2. The van der Waals surface area contributed by atoms with Gasteiger partial charge in [0.1, 0.15) is 23.6 Å². The van der Waals surface area contributed by atoms with Crippen LogP contribution in [0, 0.1) is 5.82 Å². The fraction of sp³-hybridized carbons (Fsp3) is 0.440. The maximum absolute atomic E-state index is 15.3. The van der Waals surface area contributed by atoms with Crippen LogP contribution in [0.25, 0.3) is 22.4 Å². The molecule has 3 aromatic rings. The smallest absolute Gasteiger partial charge is 0.233 e. The average molecular weight is 481 g/mol. The van der Waals surface area contributed by atoms with Crippen LogP contribution in [0.15, 0.2) is 36.8 Å². The number of hydrogen-bond acceptors (Lipinski definition) is 8. The molecule has 4 heterocycles. The predicted molar refractivity (Wildman–Crippen MR) is 125 cm³/mol. The van der Waals surface area contributed by atoms with Gasteiger partial charge >= 0.3 is 0 Å². The van der Waals surface area contributed by atoms with Crippen LogP contribution in [0.2, 0.25) is 0 Å². The number of anilines is 1. The van der Waals surface area contributed by atoms with Gasteiger partial charge < -0.3 is 20.1 Å². The van der Waals surface area contributed by atoms with E-state index < -0.39 is 12.0 Å². The molecule has 3 fully saturated rings. The second kappa shape index (κ2) is 8.67. The van der Waals surface area contributed by atoms with Crippen molar-refractivity contribution in [3.05, 3.63) is 42.6 Å². The van der Waals surface area contributed by atoms with Gasteiger partial charge in [0.05, 0.1) is 37.4 Å². The Hall–Kier alpha value is -3.40. The van der Waals surface area contributed by atoms with Crippen molar-refractivity contribution in [3.8, 4) is 34.0 Å². The van der Waals surface area contributed by atoms with E-state index in [1.807, 2.05) is 0 Å². The van der Waals surface area contributed by atoms with Gasteiger partial charge in [0.25, 0.3) is 0 Å². The Morgan fingerprint density at radius 3 is 2.66 bits per heavy atom. The number of ether oxygens (including phenoxy) is 1. The Morgan fingerprint density at radius 2 is 1.91 bits per heavy atom. The van der Waals surface area contributed by atoms with Crippen LogP contribution in [0.3, 0.4) is 0 Å². The third-order valence-electron chi connectivity index (χ3n) is 7.27. The van der Waals surface area contributed by atoms with Gasteiger partial charge in [-0.25, -0.2) is 13.8 Å². The summed E-state index contributed by atoms with van der Waals surface area (Å²) in [6.45, 7) is 0. The number of rotatable bonds is 6. The number of benzene rings is 1. The summed E-state index contributed by atoms with van der Waals surface area (Å²) in [5.74, 6) is 0.168. The molecule has 1 saturated carbocycles. The summed E-state index contributed by atoms with van der Waals surface area (Å²) in [6.07, 6.45) is 8.21. The van der Waals surface area contributed by atoms with E-state index >= 15 is 8.78 Å². The van der Waals surface area contributed by atoms with Crippen molar-refractivity contribution in [2.75, 3.05) is 12.0 Å². The molecule has 2 aromatic heterocycles. The number of nitrogens with zero attached hydrogens (tertiary/aromatic N) is 5. The van der Waals surface area contributed by atoms with E-state index in [1.165, 1.54) is 37.7 Å². The number of methoxy groups -OCH3 is 1.